The molecule has 22 atom stereocenters. The molecule has 8 aliphatic rings. The van der Waals surface area contributed by atoms with Crippen LogP contribution in [0.5, 0.6) is 0 Å². The molecule has 0 radical (unpaired) electrons. The summed E-state index contributed by atoms with van der Waals surface area (Å²) in [4.78, 5) is 37.7. The van der Waals surface area contributed by atoms with Gasteiger partial charge in [0.1, 0.15) is 67.8 Å². The lowest BCUT2D eigenvalue weighted by Crippen LogP contribution is -2.69. The molecule has 0 aromatic carbocycles. The summed E-state index contributed by atoms with van der Waals surface area (Å²) in [5, 5.41) is 87.7. The van der Waals surface area contributed by atoms with Gasteiger partial charge < -0.3 is 83.5 Å². The first-order chi connectivity index (χ1) is 29.3. The SMILES string of the molecule is CC(=O)OC1CC(OC2CCC3(C=O)C4CCC5(C)C(C6=CC(=O)OC6)CCC5(O)C4CCC3(O)C2)OC(C)C1OC1OC(C)C(OC2OC(CO)C(O)C(O)C2O)C(O)C1O. The van der Waals surface area contributed by atoms with Crippen LogP contribution in [0, 0.1) is 28.6 Å². The number of carbonyl (C=O) groups excluding carboxylic acids is 3. The highest BCUT2D eigenvalue weighted by atomic mass is 16.8. The lowest BCUT2D eigenvalue weighted by molar-refractivity contribution is -0.369. The molecule has 4 heterocycles. The molecular weight excluding hydrogens is 820 g/mol. The average Bonchev–Trinajstić information content (AvgIpc) is 3.77. The van der Waals surface area contributed by atoms with Gasteiger partial charge in [-0.2, -0.15) is 0 Å². The van der Waals surface area contributed by atoms with Gasteiger partial charge in [0.05, 0.1) is 41.5 Å². The molecule has 19 nitrogen and oxygen atoms in total. The zero-order chi connectivity index (χ0) is 44.7. The third-order valence-corrected chi connectivity index (χ3v) is 16.3. The van der Waals surface area contributed by atoms with E-state index in [9.17, 15) is 55.2 Å². The molecule has 4 aliphatic heterocycles. The van der Waals surface area contributed by atoms with Gasteiger partial charge in [-0.15, -0.1) is 0 Å². The first-order valence-electron chi connectivity index (χ1n) is 22.2. The van der Waals surface area contributed by atoms with E-state index in [-0.39, 0.29) is 49.6 Å². The van der Waals surface area contributed by atoms with E-state index in [1.165, 1.54) is 13.8 Å². The third kappa shape index (κ3) is 7.58. The minimum atomic E-state index is -1.76. The molecule has 8 rings (SSSR count). The first kappa shape index (κ1) is 46.3. The molecule has 7 fully saturated rings. The molecule has 350 valence electrons. The van der Waals surface area contributed by atoms with E-state index in [1.54, 1.807) is 13.0 Å². The lowest BCUT2D eigenvalue weighted by atomic mass is 9.41. The van der Waals surface area contributed by atoms with Crippen LogP contribution in [0.3, 0.4) is 0 Å². The summed E-state index contributed by atoms with van der Waals surface area (Å²) in [6, 6.07) is 0. The Bertz CT molecular complexity index is 1710. The van der Waals surface area contributed by atoms with Crippen molar-refractivity contribution in [2.24, 2.45) is 28.6 Å². The van der Waals surface area contributed by atoms with Crippen molar-refractivity contribution in [3.05, 3.63) is 11.6 Å². The molecule has 0 spiro atoms. The van der Waals surface area contributed by atoms with Crippen molar-refractivity contribution in [1.29, 1.82) is 0 Å². The van der Waals surface area contributed by atoms with Gasteiger partial charge in [0, 0.05) is 31.3 Å². The van der Waals surface area contributed by atoms with E-state index in [2.05, 4.69) is 6.92 Å². The Morgan fingerprint density at radius 3 is 2.18 bits per heavy atom. The summed E-state index contributed by atoms with van der Waals surface area (Å²) in [6.45, 7) is 6.04. The monoisotopic (exact) mass is 884 g/mol. The van der Waals surface area contributed by atoms with E-state index in [4.69, 9.17) is 37.9 Å². The molecule has 3 saturated heterocycles. The van der Waals surface area contributed by atoms with Crippen molar-refractivity contribution in [2.45, 2.75) is 195 Å². The van der Waals surface area contributed by atoms with Gasteiger partial charge in [0.2, 0.25) is 0 Å². The third-order valence-electron chi connectivity index (χ3n) is 16.3. The Kier molecular flexibility index (Phi) is 12.9. The maximum atomic E-state index is 13.4. The highest BCUT2D eigenvalue weighted by Gasteiger charge is 2.71. The summed E-state index contributed by atoms with van der Waals surface area (Å²) in [7, 11) is 0. The molecule has 62 heavy (non-hydrogen) atoms. The summed E-state index contributed by atoms with van der Waals surface area (Å²) in [6.07, 6.45) is -12.8. The Morgan fingerprint density at radius 1 is 0.823 bits per heavy atom. The highest BCUT2D eigenvalue weighted by molar-refractivity contribution is 5.85. The van der Waals surface area contributed by atoms with Crippen LogP contribution >= 0.6 is 0 Å². The summed E-state index contributed by atoms with van der Waals surface area (Å²) < 4.78 is 46.9. The fourth-order valence-electron chi connectivity index (χ4n) is 13.1. The number of carbonyl (C=O) groups is 3. The number of hydrogen-bond donors (Lipinski definition) is 8. The van der Waals surface area contributed by atoms with Gasteiger partial charge in [-0.05, 0) is 88.5 Å². The minimum absolute atomic E-state index is 0.00332. The Hall–Kier alpha value is -2.21. The minimum Gasteiger partial charge on any atom is -0.459 e. The zero-order valence-corrected chi connectivity index (χ0v) is 35.6. The van der Waals surface area contributed by atoms with Gasteiger partial charge in [0.15, 0.2) is 18.9 Å². The first-order valence-corrected chi connectivity index (χ1v) is 22.2. The normalized spacial score (nSPS) is 52.8. The molecule has 0 amide bonds. The number of ether oxygens (including phenoxy) is 8. The van der Waals surface area contributed by atoms with E-state index in [1.807, 2.05) is 0 Å². The molecule has 0 aromatic rings. The Morgan fingerprint density at radius 2 is 1.50 bits per heavy atom. The second-order valence-electron chi connectivity index (χ2n) is 19.5. The molecule has 0 aromatic heterocycles. The number of aldehydes is 1. The van der Waals surface area contributed by atoms with Crippen LogP contribution in [0.25, 0.3) is 0 Å². The fraction of sp³-hybridized carbons (Fsp3) is 0.884. The topological polar surface area (TPSA) is 287 Å². The van der Waals surface area contributed by atoms with Crippen LogP contribution in [-0.2, 0) is 52.3 Å². The molecule has 0 bridgehead atoms. The predicted octanol–water partition coefficient (Wildman–Crippen LogP) is -0.974. The fourth-order valence-corrected chi connectivity index (χ4v) is 13.1. The van der Waals surface area contributed by atoms with Crippen molar-refractivity contribution < 1.29 is 93.1 Å². The Labute approximate surface area is 359 Å². The molecular formula is C43H64O19. The van der Waals surface area contributed by atoms with Crippen LogP contribution in [0.2, 0.25) is 0 Å². The maximum absolute atomic E-state index is 13.4. The zero-order valence-electron chi connectivity index (χ0n) is 35.6. The van der Waals surface area contributed by atoms with E-state index in [0.717, 1.165) is 11.9 Å². The smallest absolute Gasteiger partial charge is 0.331 e. The van der Waals surface area contributed by atoms with E-state index >= 15 is 0 Å². The quantitative estimate of drug-likeness (QED) is 0.0744. The van der Waals surface area contributed by atoms with Crippen LogP contribution < -0.4 is 0 Å². The average molecular weight is 885 g/mol. The summed E-state index contributed by atoms with van der Waals surface area (Å²) in [5.41, 5.74) is -3.17. The number of aliphatic hydroxyl groups is 8. The van der Waals surface area contributed by atoms with E-state index < -0.39 is 127 Å². The predicted molar refractivity (Wildman–Crippen MR) is 207 cm³/mol. The second-order valence-corrected chi connectivity index (χ2v) is 19.5. The van der Waals surface area contributed by atoms with Gasteiger partial charge in [0.25, 0.3) is 0 Å². The van der Waals surface area contributed by atoms with Crippen molar-refractivity contribution in [2.75, 3.05) is 13.2 Å². The standard InChI is InChI=1S/C43H64O19/c1-19-36(61-38-35(52)33(50)37(20(2)57-38)62-39-34(51)32(49)31(48)28(16-44)60-39)27(58-21(3)46)14-30(56-19)59-23-5-10-41(18-45)25-6-9-40(4)24(22-13-29(47)55-17-22)8-12-43(40,54)26(25)7-11-42(41,53)15-23/h13,18-20,23-28,30-39,44,48-54H,5-12,14-17H2,1-4H3. The van der Waals surface area contributed by atoms with Gasteiger partial charge >= 0.3 is 11.9 Å². The summed E-state index contributed by atoms with van der Waals surface area (Å²) in [5.74, 6) is -1.46. The van der Waals surface area contributed by atoms with Gasteiger partial charge in [-0.1, -0.05) is 6.92 Å². The van der Waals surface area contributed by atoms with Crippen molar-refractivity contribution in [3.63, 3.8) is 0 Å². The van der Waals surface area contributed by atoms with Crippen molar-refractivity contribution in [3.8, 4) is 0 Å². The number of rotatable bonds is 10. The van der Waals surface area contributed by atoms with Crippen molar-refractivity contribution >= 4 is 18.2 Å². The maximum Gasteiger partial charge on any atom is 0.331 e. The number of fused-ring (bicyclic) bond motifs is 5. The lowest BCUT2D eigenvalue weighted by Gasteiger charge is -2.65. The molecule has 19 heteroatoms. The number of aliphatic hydroxyl groups excluding tert-OH is 6. The van der Waals surface area contributed by atoms with Crippen molar-refractivity contribution in [1.82, 2.24) is 0 Å². The largest absolute Gasteiger partial charge is 0.459 e. The Balaban J connectivity index is 0.905. The summed E-state index contributed by atoms with van der Waals surface area (Å²) >= 11 is 0. The molecule has 22 unspecified atom stereocenters. The molecule has 4 aliphatic carbocycles. The molecule has 4 saturated carbocycles. The second kappa shape index (κ2) is 17.2. The number of hydrogen-bond acceptors (Lipinski definition) is 19. The van der Waals surface area contributed by atoms with Gasteiger partial charge in [-0.25, -0.2) is 4.79 Å². The van der Waals surface area contributed by atoms with Gasteiger partial charge in [-0.3, -0.25) is 4.79 Å². The number of esters is 2. The van der Waals surface area contributed by atoms with Crippen LogP contribution in [0.1, 0.15) is 91.9 Å². The van der Waals surface area contributed by atoms with E-state index in [0.29, 0.717) is 44.9 Å². The van der Waals surface area contributed by atoms with Crippen LogP contribution in [0.15, 0.2) is 11.6 Å². The highest BCUT2D eigenvalue weighted by Crippen LogP contribution is 2.70. The molecule has 8 N–H and O–H groups in total. The van der Waals surface area contributed by atoms with Crippen LogP contribution in [0.4, 0.5) is 0 Å². The number of cyclic esters (lactones) is 1. The van der Waals surface area contributed by atoms with Crippen LogP contribution in [-0.4, -0.2) is 176 Å².